The summed E-state index contributed by atoms with van der Waals surface area (Å²) in [5.41, 5.74) is 7.30. The SMILES string of the molecule is NC(=O)c1ccc(-c2cccnc2)[nH]1. The molecular weight excluding hydrogens is 178 g/mol. The fraction of sp³-hybridized carbons (Fsp3) is 0. The van der Waals surface area contributed by atoms with Crippen LogP contribution in [0.2, 0.25) is 0 Å². The highest BCUT2D eigenvalue weighted by Crippen LogP contribution is 2.16. The fourth-order valence-electron chi connectivity index (χ4n) is 1.23. The van der Waals surface area contributed by atoms with Crippen LogP contribution < -0.4 is 5.73 Å². The van der Waals surface area contributed by atoms with Crippen LogP contribution in [0.4, 0.5) is 0 Å². The number of hydrogen-bond acceptors (Lipinski definition) is 2. The minimum Gasteiger partial charge on any atom is -0.364 e. The summed E-state index contributed by atoms with van der Waals surface area (Å²) >= 11 is 0. The van der Waals surface area contributed by atoms with E-state index in [2.05, 4.69) is 9.97 Å². The number of amides is 1. The molecule has 0 atom stereocenters. The summed E-state index contributed by atoms with van der Waals surface area (Å²) in [4.78, 5) is 17.7. The normalized spacial score (nSPS) is 10.0. The summed E-state index contributed by atoms with van der Waals surface area (Å²) in [6.45, 7) is 0. The maximum absolute atomic E-state index is 10.8. The van der Waals surface area contributed by atoms with Crippen LogP contribution in [0.3, 0.4) is 0 Å². The standard InChI is InChI=1S/C10H9N3O/c11-10(14)9-4-3-8(13-9)7-2-1-5-12-6-7/h1-6,13H,(H2,11,14). The molecule has 0 aromatic carbocycles. The number of nitrogens with one attached hydrogen (secondary N) is 1. The predicted octanol–water partition coefficient (Wildman–Crippen LogP) is 1.18. The van der Waals surface area contributed by atoms with E-state index in [4.69, 9.17) is 5.73 Å². The Morgan fingerprint density at radius 1 is 1.36 bits per heavy atom. The maximum Gasteiger partial charge on any atom is 0.265 e. The first-order chi connectivity index (χ1) is 6.77. The smallest absolute Gasteiger partial charge is 0.265 e. The van der Waals surface area contributed by atoms with Crippen LogP contribution in [0, 0.1) is 0 Å². The summed E-state index contributed by atoms with van der Waals surface area (Å²) in [5, 5.41) is 0. The highest BCUT2D eigenvalue weighted by Gasteiger charge is 2.04. The monoisotopic (exact) mass is 187 g/mol. The zero-order valence-corrected chi connectivity index (χ0v) is 7.40. The average molecular weight is 187 g/mol. The van der Waals surface area contributed by atoms with Crippen molar-refractivity contribution in [2.24, 2.45) is 5.73 Å². The Bertz CT molecular complexity index is 447. The van der Waals surface area contributed by atoms with E-state index in [0.717, 1.165) is 11.3 Å². The van der Waals surface area contributed by atoms with Crippen LogP contribution in [-0.2, 0) is 0 Å². The van der Waals surface area contributed by atoms with Crippen LogP contribution in [0.1, 0.15) is 10.5 Å². The van der Waals surface area contributed by atoms with Gasteiger partial charge in [0.05, 0.1) is 0 Å². The van der Waals surface area contributed by atoms with Crippen LogP contribution in [0.15, 0.2) is 36.7 Å². The summed E-state index contributed by atoms with van der Waals surface area (Å²) in [5.74, 6) is -0.458. The van der Waals surface area contributed by atoms with E-state index in [1.54, 1.807) is 24.5 Å². The molecule has 4 heteroatoms. The molecule has 0 radical (unpaired) electrons. The Hall–Kier alpha value is -2.10. The fourth-order valence-corrected chi connectivity index (χ4v) is 1.23. The number of hydrogen-bond donors (Lipinski definition) is 2. The molecule has 0 bridgehead atoms. The van der Waals surface area contributed by atoms with Gasteiger partial charge in [0.1, 0.15) is 5.69 Å². The number of pyridine rings is 1. The van der Waals surface area contributed by atoms with E-state index in [9.17, 15) is 4.79 Å². The summed E-state index contributed by atoms with van der Waals surface area (Å²) in [7, 11) is 0. The van der Waals surface area contributed by atoms with Gasteiger partial charge in [0, 0.05) is 23.7 Å². The molecule has 2 aromatic heterocycles. The van der Waals surface area contributed by atoms with Crippen LogP contribution in [0.5, 0.6) is 0 Å². The largest absolute Gasteiger partial charge is 0.364 e. The Morgan fingerprint density at radius 2 is 2.21 bits per heavy atom. The first kappa shape index (κ1) is 8.50. The van der Waals surface area contributed by atoms with Gasteiger partial charge in [0.15, 0.2) is 0 Å². The minimum absolute atomic E-state index is 0.406. The molecule has 1 amide bonds. The third-order valence-electron chi connectivity index (χ3n) is 1.92. The Kier molecular flexibility index (Phi) is 2.02. The van der Waals surface area contributed by atoms with E-state index in [-0.39, 0.29) is 0 Å². The lowest BCUT2D eigenvalue weighted by Gasteiger charge is -1.95. The maximum atomic E-state index is 10.8. The Labute approximate surface area is 80.8 Å². The number of H-pyrrole nitrogens is 1. The number of aromatic nitrogens is 2. The topological polar surface area (TPSA) is 71.8 Å². The number of rotatable bonds is 2. The molecule has 70 valence electrons. The van der Waals surface area contributed by atoms with Crippen molar-refractivity contribution >= 4 is 5.91 Å². The molecular formula is C10H9N3O. The molecule has 0 aliphatic rings. The predicted molar refractivity (Wildman–Crippen MR) is 52.5 cm³/mol. The third-order valence-corrected chi connectivity index (χ3v) is 1.92. The number of nitrogens with two attached hydrogens (primary N) is 1. The highest BCUT2D eigenvalue weighted by atomic mass is 16.1. The van der Waals surface area contributed by atoms with E-state index in [1.165, 1.54) is 0 Å². The van der Waals surface area contributed by atoms with E-state index in [0.29, 0.717) is 5.69 Å². The Morgan fingerprint density at radius 3 is 2.79 bits per heavy atom. The summed E-state index contributed by atoms with van der Waals surface area (Å²) in [6.07, 6.45) is 3.41. The van der Waals surface area contributed by atoms with E-state index >= 15 is 0 Å². The molecule has 0 spiro atoms. The van der Waals surface area contributed by atoms with Crippen molar-refractivity contribution in [2.75, 3.05) is 0 Å². The second kappa shape index (κ2) is 3.33. The van der Waals surface area contributed by atoms with Gasteiger partial charge in [0.2, 0.25) is 0 Å². The van der Waals surface area contributed by atoms with Crippen LogP contribution >= 0.6 is 0 Å². The van der Waals surface area contributed by atoms with E-state index in [1.807, 2.05) is 12.1 Å². The third kappa shape index (κ3) is 1.50. The number of carbonyl (C=O) groups excluding carboxylic acids is 1. The zero-order chi connectivity index (χ0) is 9.97. The van der Waals surface area contributed by atoms with Gasteiger partial charge in [-0.15, -0.1) is 0 Å². The van der Waals surface area contributed by atoms with Crippen LogP contribution in [0.25, 0.3) is 11.3 Å². The first-order valence-electron chi connectivity index (χ1n) is 4.16. The van der Waals surface area contributed by atoms with Gasteiger partial charge in [-0.05, 0) is 24.3 Å². The number of nitrogens with zero attached hydrogens (tertiary/aromatic N) is 1. The number of aromatic amines is 1. The lowest BCUT2D eigenvalue weighted by atomic mass is 10.2. The zero-order valence-electron chi connectivity index (χ0n) is 7.40. The van der Waals surface area contributed by atoms with Gasteiger partial charge >= 0.3 is 0 Å². The molecule has 2 heterocycles. The lowest BCUT2D eigenvalue weighted by Crippen LogP contribution is -2.10. The molecule has 0 saturated heterocycles. The van der Waals surface area contributed by atoms with Crippen molar-refractivity contribution in [2.45, 2.75) is 0 Å². The molecule has 2 rings (SSSR count). The van der Waals surface area contributed by atoms with Crippen LogP contribution in [-0.4, -0.2) is 15.9 Å². The van der Waals surface area contributed by atoms with Crippen molar-refractivity contribution in [3.63, 3.8) is 0 Å². The van der Waals surface area contributed by atoms with Crippen molar-refractivity contribution in [3.8, 4) is 11.3 Å². The molecule has 2 aromatic rings. The van der Waals surface area contributed by atoms with Gasteiger partial charge in [-0.25, -0.2) is 0 Å². The average Bonchev–Trinajstić information content (AvgIpc) is 2.68. The molecule has 0 unspecified atom stereocenters. The first-order valence-corrected chi connectivity index (χ1v) is 4.16. The molecule has 3 N–H and O–H groups in total. The molecule has 0 aliphatic heterocycles. The van der Waals surface area contributed by atoms with Gasteiger partial charge in [-0.3, -0.25) is 9.78 Å². The van der Waals surface area contributed by atoms with Gasteiger partial charge in [0.25, 0.3) is 5.91 Å². The second-order valence-corrected chi connectivity index (χ2v) is 2.89. The molecule has 0 saturated carbocycles. The quantitative estimate of drug-likeness (QED) is 0.740. The van der Waals surface area contributed by atoms with Crippen molar-refractivity contribution in [1.82, 2.24) is 9.97 Å². The molecule has 14 heavy (non-hydrogen) atoms. The minimum atomic E-state index is -0.458. The summed E-state index contributed by atoms with van der Waals surface area (Å²) < 4.78 is 0. The van der Waals surface area contributed by atoms with Gasteiger partial charge < -0.3 is 10.7 Å². The van der Waals surface area contributed by atoms with Crippen molar-refractivity contribution in [1.29, 1.82) is 0 Å². The molecule has 4 nitrogen and oxygen atoms in total. The second-order valence-electron chi connectivity index (χ2n) is 2.89. The highest BCUT2D eigenvalue weighted by molar-refractivity contribution is 5.91. The van der Waals surface area contributed by atoms with Gasteiger partial charge in [-0.2, -0.15) is 0 Å². The Balaban J connectivity index is 2.39. The summed E-state index contributed by atoms with van der Waals surface area (Å²) in [6, 6.07) is 7.20. The van der Waals surface area contributed by atoms with E-state index < -0.39 is 5.91 Å². The number of primary amides is 1. The van der Waals surface area contributed by atoms with Crippen molar-refractivity contribution < 1.29 is 4.79 Å². The molecule has 0 fully saturated rings. The number of carbonyl (C=O) groups is 1. The molecule has 0 aliphatic carbocycles. The van der Waals surface area contributed by atoms with Gasteiger partial charge in [-0.1, -0.05) is 0 Å². The van der Waals surface area contributed by atoms with Crippen molar-refractivity contribution in [3.05, 3.63) is 42.4 Å². The lowest BCUT2D eigenvalue weighted by molar-refractivity contribution is 0.0996.